The van der Waals surface area contributed by atoms with E-state index in [1.807, 2.05) is 0 Å². The molecule has 8 nitrogen and oxygen atoms in total. The van der Waals surface area contributed by atoms with Crippen LogP contribution in [-0.2, 0) is 14.3 Å². The molecule has 0 spiro atoms. The molecule has 1 unspecified atom stereocenters. The smallest absolute Gasteiger partial charge is 0.408 e. The highest BCUT2D eigenvalue weighted by molar-refractivity contribution is 5.90. The Balaban J connectivity index is 0.00000124. The highest BCUT2D eigenvalue weighted by Gasteiger charge is 2.35. The molecule has 1 aliphatic heterocycles. The number of ether oxygens (including phenoxy) is 1. The molecule has 39 heavy (non-hydrogen) atoms. The van der Waals surface area contributed by atoms with E-state index in [0.717, 1.165) is 5.92 Å². The van der Waals surface area contributed by atoms with E-state index in [1.54, 1.807) is 39.8 Å². The van der Waals surface area contributed by atoms with Crippen molar-refractivity contribution >= 4 is 17.9 Å². The fourth-order valence-corrected chi connectivity index (χ4v) is 3.87. The molecule has 1 aromatic carbocycles. The van der Waals surface area contributed by atoms with Crippen LogP contribution in [0.5, 0.6) is 0 Å². The zero-order valence-electron chi connectivity index (χ0n) is 23.8. The van der Waals surface area contributed by atoms with Crippen LogP contribution < -0.4 is 10.6 Å². The van der Waals surface area contributed by atoms with Gasteiger partial charge >= 0.3 is 6.09 Å². The van der Waals surface area contributed by atoms with Gasteiger partial charge in [0.2, 0.25) is 11.8 Å². The molecule has 1 fully saturated rings. The molecule has 0 aliphatic carbocycles. The van der Waals surface area contributed by atoms with E-state index in [2.05, 4.69) is 36.4 Å². The minimum absolute atomic E-state index is 0.164. The van der Waals surface area contributed by atoms with Crippen LogP contribution in [0.25, 0.3) is 11.1 Å². The van der Waals surface area contributed by atoms with Crippen molar-refractivity contribution in [3.8, 4) is 11.1 Å². The summed E-state index contributed by atoms with van der Waals surface area (Å²) in [4.78, 5) is 43.0. The van der Waals surface area contributed by atoms with Crippen molar-refractivity contribution in [2.24, 2.45) is 5.92 Å². The summed E-state index contributed by atoms with van der Waals surface area (Å²) < 4.78 is 33.2. The molecular weight excluding hydrogens is 506 g/mol. The highest BCUT2D eigenvalue weighted by atomic mass is 19.1. The largest absolute Gasteiger partial charge is 0.444 e. The lowest BCUT2D eigenvalue weighted by molar-refractivity contribution is -0.138. The summed E-state index contributed by atoms with van der Waals surface area (Å²) in [6, 6.07) is 5.60. The van der Waals surface area contributed by atoms with Crippen molar-refractivity contribution < 1.29 is 27.9 Å². The number of amides is 3. The molecule has 0 radical (unpaired) electrons. The summed E-state index contributed by atoms with van der Waals surface area (Å²) in [5.41, 5.74) is -0.0628. The number of aromatic nitrogens is 1. The topological polar surface area (TPSA) is 101 Å². The average Bonchev–Trinajstić information content (AvgIpc) is 3.32. The quantitative estimate of drug-likeness (QED) is 0.507. The molecule has 10 heteroatoms. The predicted octanol–water partition coefficient (Wildman–Crippen LogP) is 5.38. The highest BCUT2D eigenvalue weighted by Crippen LogP contribution is 2.26. The molecule has 1 aromatic heterocycles. The molecule has 1 aliphatic rings. The van der Waals surface area contributed by atoms with Crippen molar-refractivity contribution in [1.29, 1.82) is 0 Å². The van der Waals surface area contributed by atoms with Gasteiger partial charge < -0.3 is 20.3 Å². The SMILES string of the molecule is CC(C)C.CC(NC(=O)[C@@H]1CCCN1C(=O)CNC(=O)OC(C)(C)C)c1ccc(-c2c(F)cccc2F)cn1. The van der Waals surface area contributed by atoms with Gasteiger partial charge in [0.25, 0.3) is 0 Å². The number of alkyl carbamates (subject to hydrolysis) is 1. The average molecular weight is 547 g/mol. The molecule has 2 atom stereocenters. The van der Waals surface area contributed by atoms with Gasteiger partial charge in [0.1, 0.15) is 29.8 Å². The number of hydrogen-bond acceptors (Lipinski definition) is 5. The standard InChI is InChI=1S/C25H30F2N4O4.C4H10/c1-15(19-11-10-16(13-28-19)22-17(26)7-5-8-18(22)27)30-23(33)20-9-6-12-31(20)21(32)14-29-24(34)35-25(2,3)4;1-4(2)3/h5,7-8,10-11,13,15,20H,6,9,12,14H2,1-4H3,(H,29,34)(H,30,33);4H,1-3H3/t15?,20-;/m0./s1. The van der Waals surface area contributed by atoms with Crippen LogP contribution in [-0.4, -0.2) is 52.5 Å². The Hall–Kier alpha value is -3.56. The van der Waals surface area contributed by atoms with Crippen LogP contribution in [0.4, 0.5) is 13.6 Å². The molecule has 0 bridgehead atoms. The molecular formula is C29H40F2N4O4. The fraction of sp³-hybridized carbons (Fsp3) is 0.517. The minimum atomic E-state index is -0.704. The first-order valence-electron chi connectivity index (χ1n) is 13.2. The Bertz CT molecular complexity index is 1110. The number of hydrogen-bond donors (Lipinski definition) is 2. The molecule has 3 amide bonds. The van der Waals surface area contributed by atoms with Crippen LogP contribution in [0.15, 0.2) is 36.5 Å². The van der Waals surface area contributed by atoms with Gasteiger partial charge in [0, 0.05) is 18.3 Å². The van der Waals surface area contributed by atoms with Gasteiger partial charge in [0.15, 0.2) is 0 Å². The zero-order valence-corrected chi connectivity index (χ0v) is 23.8. The van der Waals surface area contributed by atoms with Gasteiger partial charge in [-0.05, 0) is 64.7 Å². The van der Waals surface area contributed by atoms with Gasteiger partial charge in [-0.25, -0.2) is 13.6 Å². The van der Waals surface area contributed by atoms with Crippen molar-refractivity contribution in [2.45, 2.75) is 79.0 Å². The molecule has 1 saturated heterocycles. The molecule has 2 heterocycles. The van der Waals surface area contributed by atoms with Crippen LogP contribution in [0, 0.1) is 17.6 Å². The number of rotatable bonds is 6. The maximum absolute atomic E-state index is 14.0. The third-order valence-electron chi connectivity index (χ3n) is 5.50. The third kappa shape index (κ3) is 9.92. The summed E-state index contributed by atoms with van der Waals surface area (Å²) >= 11 is 0. The second-order valence-corrected chi connectivity index (χ2v) is 11.1. The van der Waals surface area contributed by atoms with Gasteiger partial charge in [-0.15, -0.1) is 0 Å². The Morgan fingerprint density at radius 1 is 1.08 bits per heavy atom. The summed E-state index contributed by atoms with van der Waals surface area (Å²) in [6.45, 7) is 13.5. The summed E-state index contributed by atoms with van der Waals surface area (Å²) in [5, 5.41) is 5.27. The van der Waals surface area contributed by atoms with Crippen LogP contribution in [0.1, 0.15) is 73.0 Å². The lowest BCUT2D eigenvalue weighted by Gasteiger charge is -2.26. The maximum atomic E-state index is 14.0. The summed E-state index contributed by atoms with van der Waals surface area (Å²) in [5.74, 6) is -1.26. The Kier molecular flexibility index (Phi) is 11.4. The number of benzene rings is 1. The first-order chi connectivity index (χ1) is 18.2. The number of nitrogens with zero attached hydrogens (tertiary/aromatic N) is 2. The molecule has 214 valence electrons. The number of carbonyl (C=O) groups is 3. The van der Waals surface area contributed by atoms with Crippen molar-refractivity contribution in [1.82, 2.24) is 20.5 Å². The predicted molar refractivity (Wildman–Crippen MR) is 146 cm³/mol. The minimum Gasteiger partial charge on any atom is -0.444 e. The maximum Gasteiger partial charge on any atom is 0.408 e. The van der Waals surface area contributed by atoms with Gasteiger partial charge in [-0.3, -0.25) is 14.6 Å². The first kappa shape index (κ1) is 31.7. The first-order valence-corrected chi connectivity index (χ1v) is 13.2. The van der Waals surface area contributed by atoms with E-state index in [1.165, 1.54) is 29.3 Å². The van der Waals surface area contributed by atoms with Crippen molar-refractivity contribution in [3.05, 3.63) is 53.9 Å². The normalized spacial score (nSPS) is 15.7. The van der Waals surface area contributed by atoms with E-state index in [4.69, 9.17) is 4.74 Å². The molecule has 2 N–H and O–H groups in total. The van der Waals surface area contributed by atoms with Crippen molar-refractivity contribution in [2.75, 3.05) is 13.1 Å². The Labute approximate surface area is 229 Å². The second-order valence-electron chi connectivity index (χ2n) is 11.1. The number of carbonyl (C=O) groups excluding carboxylic acids is 3. The van der Waals surface area contributed by atoms with Crippen LogP contribution >= 0.6 is 0 Å². The van der Waals surface area contributed by atoms with E-state index in [9.17, 15) is 23.2 Å². The second kappa shape index (κ2) is 14.0. The number of pyridine rings is 1. The van der Waals surface area contributed by atoms with E-state index in [0.29, 0.717) is 25.1 Å². The van der Waals surface area contributed by atoms with Gasteiger partial charge in [-0.1, -0.05) is 32.9 Å². The number of nitrogens with one attached hydrogen (secondary N) is 2. The number of halogens is 2. The molecule has 3 rings (SSSR count). The van der Waals surface area contributed by atoms with Crippen LogP contribution in [0.2, 0.25) is 0 Å². The van der Waals surface area contributed by atoms with E-state index < -0.39 is 35.4 Å². The fourth-order valence-electron chi connectivity index (χ4n) is 3.87. The van der Waals surface area contributed by atoms with E-state index in [-0.39, 0.29) is 29.5 Å². The zero-order chi connectivity index (χ0) is 29.3. The Morgan fingerprint density at radius 2 is 1.69 bits per heavy atom. The van der Waals surface area contributed by atoms with E-state index >= 15 is 0 Å². The monoisotopic (exact) mass is 546 g/mol. The lowest BCUT2D eigenvalue weighted by Crippen LogP contribution is -2.49. The number of likely N-dealkylation sites (tertiary alicyclic amines) is 1. The molecule has 0 saturated carbocycles. The summed E-state index contributed by atoms with van der Waals surface area (Å²) in [6.07, 6.45) is 1.80. The Morgan fingerprint density at radius 3 is 2.23 bits per heavy atom. The van der Waals surface area contributed by atoms with Crippen molar-refractivity contribution in [3.63, 3.8) is 0 Å². The molecule has 2 aromatic rings. The lowest BCUT2D eigenvalue weighted by atomic mass is 10.1. The third-order valence-corrected chi connectivity index (χ3v) is 5.50. The van der Waals surface area contributed by atoms with Crippen LogP contribution in [0.3, 0.4) is 0 Å². The van der Waals surface area contributed by atoms with Gasteiger partial charge in [-0.2, -0.15) is 0 Å². The van der Waals surface area contributed by atoms with Gasteiger partial charge in [0.05, 0.1) is 17.3 Å². The summed E-state index contributed by atoms with van der Waals surface area (Å²) in [7, 11) is 0.